The third kappa shape index (κ3) is 4.51. The van der Waals surface area contributed by atoms with Crippen LogP contribution in [0.3, 0.4) is 0 Å². The second-order valence-corrected chi connectivity index (χ2v) is 2.43. The van der Waals surface area contributed by atoms with Crippen LogP contribution in [0, 0.1) is 11.3 Å². The molecule has 0 N–H and O–H groups in total. The molecule has 66 valence electrons. The normalized spacial score (nSPS) is 8.67. The lowest BCUT2D eigenvalue weighted by Crippen LogP contribution is -2.07. The molecule has 3 nitrogen and oxygen atoms in total. The summed E-state index contributed by atoms with van der Waals surface area (Å²) in [5, 5.41) is 8.24. The largest absolute Gasteiger partial charge is 0.462 e. The Morgan fingerprint density at radius 2 is 2.33 bits per heavy atom. The van der Waals surface area contributed by atoms with E-state index in [1.807, 2.05) is 13.0 Å². The summed E-state index contributed by atoms with van der Waals surface area (Å²) < 4.78 is 4.81. The molecule has 0 unspecified atom stereocenters. The lowest BCUT2D eigenvalue weighted by molar-refractivity contribution is -0.139. The van der Waals surface area contributed by atoms with E-state index < -0.39 is 5.97 Å². The van der Waals surface area contributed by atoms with Gasteiger partial charge >= 0.3 is 5.97 Å². The fourth-order valence-electron chi connectivity index (χ4n) is 0.579. The van der Waals surface area contributed by atoms with Crippen molar-refractivity contribution in [2.75, 3.05) is 6.61 Å². The number of nitrogens with zero attached hydrogens (tertiary/aromatic N) is 1. The highest BCUT2D eigenvalue weighted by Crippen LogP contribution is 2.00. The van der Waals surface area contributed by atoms with Gasteiger partial charge in [0.2, 0.25) is 0 Å². The second kappa shape index (κ2) is 6.41. The Hall–Kier alpha value is -1.30. The third-order valence-electron chi connectivity index (χ3n) is 1.31. The minimum Gasteiger partial charge on any atom is -0.462 e. The summed E-state index contributed by atoms with van der Waals surface area (Å²) in [4.78, 5) is 10.9. The fourth-order valence-corrected chi connectivity index (χ4v) is 0.579. The number of esters is 1. The summed E-state index contributed by atoms with van der Waals surface area (Å²) in [5.74, 6) is -0.454. The Morgan fingerprint density at radius 1 is 1.67 bits per heavy atom. The summed E-state index contributed by atoms with van der Waals surface area (Å²) in [6.45, 7) is 5.85. The lowest BCUT2D eigenvalue weighted by Gasteiger charge is -2.02. The molecule has 0 saturated carbocycles. The maximum atomic E-state index is 10.9. The molecule has 0 spiro atoms. The molecule has 0 aromatic rings. The smallest absolute Gasteiger partial charge is 0.334 e. The number of hydrogen-bond donors (Lipinski definition) is 0. The first-order chi connectivity index (χ1) is 5.72. The fraction of sp³-hybridized carbons (Fsp3) is 0.556. The highest BCUT2D eigenvalue weighted by molar-refractivity contribution is 5.88. The quantitative estimate of drug-likeness (QED) is 0.356. The first-order valence-electron chi connectivity index (χ1n) is 3.94. The second-order valence-electron chi connectivity index (χ2n) is 2.43. The van der Waals surface area contributed by atoms with Crippen molar-refractivity contribution in [3.05, 3.63) is 12.2 Å². The first kappa shape index (κ1) is 10.7. The van der Waals surface area contributed by atoms with E-state index in [1.54, 1.807) is 0 Å². The molecule has 0 amide bonds. The molecule has 0 radical (unpaired) electrons. The molecule has 0 rings (SSSR count). The van der Waals surface area contributed by atoms with Crippen LogP contribution in [0.15, 0.2) is 12.2 Å². The number of ether oxygens (including phenoxy) is 1. The summed E-state index contributed by atoms with van der Waals surface area (Å²) in [6, 6.07) is 1.84. The van der Waals surface area contributed by atoms with E-state index in [-0.39, 0.29) is 12.0 Å². The van der Waals surface area contributed by atoms with Gasteiger partial charge in [0.1, 0.15) is 0 Å². The van der Waals surface area contributed by atoms with Crippen molar-refractivity contribution in [2.45, 2.75) is 26.2 Å². The molecule has 0 aliphatic heterocycles. The van der Waals surface area contributed by atoms with Gasteiger partial charge in [0.05, 0.1) is 19.1 Å². The van der Waals surface area contributed by atoms with Crippen molar-refractivity contribution in [1.82, 2.24) is 0 Å². The third-order valence-corrected chi connectivity index (χ3v) is 1.31. The van der Waals surface area contributed by atoms with E-state index in [1.165, 1.54) is 0 Å². The highest BCUT2D eigenvalue weighted by atomic mass is 16.5. The van der Waals surface area contributed by atoms with E-state index in [0.29, 0.717) is 6.61 Å². The van der Waals surface area contributed by atoms with Gasteiger partial charge in [-0.3, -0.25) is 0 Å². The molecule has 0 aromatic carbocycles. The zero-order valence-electron chi connectivity index (χ0n) is 7.30. The zero-order chi connectivity index (χ0) is 9.40. The predicted molar refractivity (Wildman–Crippen MR) is 45.2 cm³/mol. The minimum absolute atomic E-state index is 0.0466. The van der Waals surface area contributed by atoms with E-state index in [4.69, 9.17) is 10.00 Å². The van der Waals surface area contributed by atoms with Crippen molar-refractivity contribution in [3.63, 3.8) is 0 Å². The standard InChI is InChI=1S/C9H13NO2/c1-3-4-7-12-9(11)8(2)5-6-10/h2-5,7H2,1H3. The van der Waals surface area contributed by atoms with Gasteiger partial charge in [0.25, 0.3) is 0 Å². The Morgan fingerprint density at radius 3 is 2.83 bits per heavy atom. The average Bonchev–Trinajstić information content (AvgIpc) is 2.05. The number of carbonyl (C=O) groups excluding carboxylic acids is 1. The van der Waals surface area contributed by atoms with Gasteiger partial charge in [-0.25, -0.2) is 4.79 Å². The Kier molecular flexibility index (Phi) is 5.72. The molecule has 0 fully saturated rings. The van der Waals surface area contributed by atoms with Crippen molar-refractivity contribution < 1.29 is 9.53 Å². The number of rotatable bonds is 5. The van der Waals surface area contributed by atoms with Crippen LogP contribution < -0.4 is 0 Å². The van der Waals surface area contributed by atoms with Gasteiger partial charge in [0.15, 0.2) is 0 Å². The van der Waals surface area contributed by atoms with Crippen molar-refractivity contribution in [1.29, 1.82) is 5.26 Å². The van der Waals surface area contributed by atoms with Crippen LogP contribution in [0.4, 0.5) is 0 Å². The van der Waals surface area contributed by atoms with Gasteiger partial charge in [-0.15, -0.1) is 0 Å². The molecule has 12 heavy (non-hydrogen) atoms. The van der Waals surface area contributed by atoms with E-state index in [2.05, 4.69) is 6.58 Å². The van der Waals surface area contributed by atoms with Crippen LogP contribution in [0.1, 0.15) is 26.2 Å². The van der Waals surface area contributed by atoms with E-state index in [0.717, 1.165) is 12.8 Å². The number of hydrogen-bond acceptors (Lipinski definition) is 3. The zero-order valence-corrected chi connectivity index (χ0v) is 7.30. The highest BCUT2D eigenvalue weighted by Gasteiger charge is 2.06. The van der Waals surface area contributed by atoms with Gasteiger partial charge in [-0.2, -0.15) is 5.26 Å². The topological polar surface area (TPSA) is 50.1 Å². The van der Waals surface area contributed by atoms with Crippen LogP contribution >= 0.6 is 0 Å². The molecular weight excluding hydrogens is 154 g/mol. The first-order valence-corrected chi connectivity index (χ1v) is 3.94. The van der Waals surface area contributed by atoms with Crippen LogP contribution in [0.25, 0.3) is 0 Å². The summed E-state index contributed by atoms with van der Waals surface area (Å²) in [6.07, 6.45) is 1.88. The van der Waals surface area contributed by atoms with Gasteiger partial charge < -0.3 is 4.74 Å². The molecule has 0 aliphatic rings. The summed E-state index contributed by atoms with van der Waals surface area (Å²) >= 11 is 0. The van der Waals surface area contributed by atoms with Gasteiger partial charge in [0, 0.05) is 5.57 Å². The van der Waals surface area contributed by atoms with Crippen molar-refractivity contribution in [2.24, 2.45) is 0 Å². The monoisotopic (exact) mass is 167 g/mol. The average molecular weight is 167 g/mol. The van der Waals surface area contributed by atoms with Gasteiger partial charge in [-0.05, 0) is 6.42 Å². The Balaban J connectivity index is 3.59. The molecular formula is C9H13NO2. The SMILES string of the molecule is C=C(CC#N)C(=O)OCCCC. The molecule has 0 bridgehead atoms. The number of unbranched alkanes of at least 4 members (excludes halogenated alkanes) is 1. The van der Waals surface area contributed by atoms with Crippen LogP contribution in [-0.4, -0.2) is 12.6 Å². The maximum Gasteiger partial charge on any atom is 0.334 e. The number of carbonyl (C=O) groups is 1. The van der Waals surface area contributed by atoms with Crippen LogP contribution in [0.2, 0.25) is 0 Å². The molecule has 0 aliphatic carbocycles. The van der Waals surface area contributed by atoms with Crippen molar-refractivity contribution in [3.8, 4) is 6.07 Å². The van der Waals surface area contributed by atoms with E-state index in [9.17, 15) is 4.79 Å². The van der Waals surface area contributed by atoms with Gasteiger partial charge in [-0.1, -0.05) is 19.9 Å². The minimum atomic E-state index is -0.454. The predicted octanol–water partition coefficient (Wildman–Crippen LogP) is 1.80. The van der Waals surface area contributed by atoms with E-state index >= 15 is 0 Å². The van der Waals surface area contributed by atoms with Crippen LogP contribution in [0.5, 0.6) is 0 Å². The summed E-state index contributed by atoms with van der Waals surface area (Å²) in [5.41, 5.74) is 0.230. The Bertz CT molecular complexity index is 203. The van der Waals surface area contributed by atoms with Crippen molar-refractivity contribution >= 4 is 5.97 Å². The molecule has 3 heteroatoms. The van der Waals surface area contributed by atoms with Crippen LogP contribution in [-0.2, 0) is 9.53 Å². The molecule has 0 heterocycles. The summed E-state index contributed by atoms with van der Waals surface area (Å²) in [7, 11) is 0. The lowest BCUT2D eigenvalue weighted by atomic mass is 10.2. The maximum absolute atomic E-state index is 10.9. The molecule has 0 aromatic heterocycles. The Labute approximate surface area is 72.6 Å². The molecule has 0 atom stereocenters. The number of nitriles is 1. The molecule has 0 saturated heterocycles.